The fourth-order valence-corrected chi connectivity index (χ4v) is 6.04. The summed E-state index contributed by atoms with van der Waals surface area (Å²) >= 11 is 0. The van der Waals surface area contributed by atoms with Crippen molar-refractivity contribution in [2.24, 2.45) is 5.73 Å². The van der Waals surface area contributed by atoms with Crippen molar-refractivity contribution in [3.63, 3.8) is 0 Å². The number of nitrogens with zero attached hydrogens (tertiary/aromatic N) is 2. The first-order valence-corrected chi connectivity index (χ1v) is 19.2. The van der Waals surface area contributed by atoms with Crippen molar-refractivity contribution in [2.75, 3.05) is 26.7 Å². The molecular weight excluding hydrogens is 679 g/mol. The van der Waals surface area contributed by atoms with Gasteiger partial charge in [-0.05, 0) is 56.9 Å². The summed E-state index contributed by atoms with van der Waals surface area (Å²) in [7, 11) is 1.53. The Bertz CT molecular complexity index is 1510. The smallest absolute Gasteiger partial charge is 0.255 e. The van der Waals surface area contributed by atoms with Crippen LogP contribution in [-0.2, 0) is 10.2 Å². The zero-order chi connectivity index (χ0) is 40.9. The minimum Gasteiger partial charge on any atom is -0.492 e. The van der Waals surface area contributed by atoms with Gasteiger partial charge in [0.1, 0.15) is 23.4 Å². The van der Waals surface area contributed by atoms with Crippen molar-refractivity contribution in [3.8, 4) is 11.8 Å². The van der Waals surface area contributed by atoms with E-state index < -0.39 is 17.7 Å². The van der Waals surface area contributed by atoms with Crippen LogP contribution in [0.5, 0.6) is 5.75 Å². The summed E-state index contributed by atoms with van der Waals surface area (Å²) in [5, 5.41) is 29.0. The lowest BCUT2D eigenvalue weighted by Gasteiger charge is -2.47. The summed E-state index contributed by atoms with van der Waals surface area (Å²) in [6.07, 6.45) is 8.79. The molecule has 3 heterocycles. The third-order valence-corrected chi connectivity index (χ3v) is 9.14. The molecule has 4 rings (SSSR count). The zero-order valence-electron chi connectivity index (χ0n) is 34.9. The molecule has 0 aliphatic carbocycles. The summed E-state index contributed by atoms with van der Waals surface area (Å²) in [6, 6.07) is 7.14. The van der Waals surface area contributed by atoms with Crippen LogP contribution in [0.3, 0.4) is 0 Å². The molecule has 1 aromatic carbocycles. The van der Waals surface area contributed by atoms with Crippen molar-refractivity contribution in [1.82, 2.24) is 20.9 Å². The van der Waals surface area contributed by atoms with E-state index in [9.17, 15) is 14.7 Å². The van der Waals surface area contributed by atoms with E-state index in [0.29, 0.717) is 54.4 Å². The van der Waals surface area contributed by atoms with Gasteiger partial charge in [0.05, 0.1) is 36.6 Å². The molecule has 1 aromatic rings. The van der Waals surface area contributed by atoms with Crippen LogP contribution in [0, 0.1) is 11.3 Å². The van der Waals surface area contributed by atoms with Crippen LogP contribution in [0.25, 0.3) is 0 Å². The fraction of sp³-hybridized carbons (Fsp3) is 0.581. The standard InChI is InChI=1S/C25H37N5O3.C10H12N2O.C3H8.2C2H6.CH4/c1-6-19(26)29-18-13-27-20(7-2)30-14-17(22(31)25(18,30)5)28-23(32)15-9-8-10-16-21(15)33-12-11-24(16,3)4;1-4-9(7-11)6-5-8(2)10(13)12-3;1-3-2;2*1-2;/h7-10,17-18,22,27,31H,6,11-14H2,1-5H3,(H2,26,29)(H,28,32);4-6H,2H2,1,3H3,(H,12,13);3H2,1-2H3;2*1-2H3;1H4/p+1/b20-7+;6-5-,9-4+;;;;. The number of rotatable bonds is 7. The molecule has 0 bridgehead atoms. The van der Waals surface area contributed by atoms with E-state index in [4.69, 9.17) is 15.7 Å². The Kier molecular flexibility index (Phi) is 24.3. The second-order valence-electron chi connectivity index (χ2n) is 13.2. The van der Waals surface area contributed by atoms with Crippen LogP contribution in [0.2, 0.25) is 0 Å². The second-order valence-corrected chi connectivity index (χ2v) is 13.2. The largest absolute Gasteiger partial charge is 0.492 e. The number of amides is 2. The third-order valence-electron chi connectivity index (χ3n) is 9.14. The predicted octanol–water partition coefficient (Wildman–Crippen LogP) is 5.38. The number of fused-ring (bicyclic) bond motifs is 2. The molecule has 4 unspecified atom stereocenters. The molecule has 11 nitrogen and oxygen atoms in total. The highest BCUT2D eigenvalue weighted by Gasteiger charge is 2.58. The third kappa shape index (κ3) is 13.1. The lowest BCUT2D eigenvalue weighted by atomic mass is 9.79. The summed E-state index contributed by atoms with van der Waals surface area (Å²) in [5.41, 5.74) is 7.83. The molecule has 0 saturated carbocycles. The van der Waals surface area contributed by atoms with Crippen molar-refractivity contribution >= 4 is 17.6 Å². The average molecular weight is 753 g/mol. The number of aliphatic hydroxyl groups is 1. The van der Waals surface area contributed by atoms with Gasteiger partial charge < -0.3 is 30.7 Å². The monoisotopic (exact) mass is 753 g/mol. The predicted molar refractivity (Wildman–Crippen MR) is 225 cm³/mol. The normalized spacial score (nSPS) is 22.7. The Morgan fingerprint density at radius 2 is 1.78 bits per heavy atom. The van der Waals surface area contributed by atoms with E-state index in [1.54, 1.807) is 25.1 Å². The molecule has 304 valence electrons. The van der Waals surface area contributed by atoms with Gasteiger partial charge in [0.2, 0.25) is 11.7 Å². The number of hydrogen-bond acceptors (Lipinski definition) is 7. The van der Waals surface area contributed by atoms with E-state index in [2.05, 4.69) is 60.1 Å². The maximum Gasteiger partial charge on any atom is 0.255 e. The highest BCUT2D eigenvalue weighted by atomic mass is 16.5. The number of nitrogens with one attached hydrogen (secondary N) is 4. The van der Waals surface area contributed by atoms with Gasteiger partial charge >= 0.3 is 0 Å². The van der Waals surface area contributed by atoms with Gasteiger partial charge in [-0.15, -0.1) is 0 Å². The Morgan fingerprint density at radius 3 is 2.30 bits per heavy atom. The molecule has 0 spiro atoms. The first-order chi connectivity index (χ1) is 25.2. The minimum absolute atomic E-state index is 0. The second kappa shape index (κ2) is 25.5. The van der Waals surface area contributed by atoms with Gasteiger partial charge in [0.15, 0.2) is 0 Å². The van der Waals surface area contributed by atoms with Gasteiger partial charge in [0, 0.05) is 36.7 Å². The number of hydrogen-bond donors (Lipinski definition) is 6. The number of nitrogens with two attached hydrogens (primary N) is 1. The van der Waals surface area contributed by atoms with Crippen LogP contribution in [0.4, 0.5) is 0 Å². The van der Waals surface area contributed by atoms with E-state index in [1.165, 1.54) is 19.5 Å². The highest BCUT2D eigenvalue weighted by molar-refractivity contribution is 5.98. The number of aliphatic hydroxyl groups excluding tert-OH is 1. The lowest BCUT2D eigenvalue weighted by Crippen LogP contribution is -2.92. The minimum atomic E-state index is -0.794. The van der Waals surface area contributed by atoms with Gasteiger partial charge in [-0.3, -0.25) is 20.3 Å². The average Bonchev–Trinajstić information content (AvgIpc) is 3.43. The van der Waals surface area contributed by atoms with Crippen LogP contribution < -0.4 is 31.4 Å². The number of carbonyl (C=O) groups is 2. The number of para-hydroxylation sites is 1. The first-order valence-electron chi connectivity index (χ1n) is 19.2. The Hall–Kier alpha value is -4.56. The summed E-state index contributed by atoms with van der Waals surface area (Å²) in [4.78, 5) is 29.9. The number of amidine groups is 1. The van der Waals surface area contributed by atoms with E-state index in [-0.39, 0.29) is 30.7 Å². The maximum atomic E-state index is 13.4. The zero-order valence-corrected chi connectivity index (χ0v) is 34.9. The number of ether oxygens (including phenoxy) is 1. The number of nitriles is 1. The van der Waals surface area contributed by atoms with E-state index in [1.807, 2.05) is 72.7 Å². The van der Waals surface area contributed by atoms with Gasteiger partial charge in [0.25, 0.3) is 5.91 Å². The highest BCUT2D eigenvalue weighted by Crippen LogP contribution is 2.41. The van der Waals surface area contributed by atoms with Crippen molar-refractivity contribution in [1.29, 1.82) is 5.26 Å². The van der Waals surface area contributed by atoms with Crippen molar-refractivity contribution in [3.05, 3.63) is 77.2 Å². The number of benzene rings is 1. The molecule has 4 atom stereocenters. The number of carbonyl (C=O) groups excluding carboxylic acids is 2. The maximum absolute atomic E-state index is 13.4. The molecule has 11 heteroatoms. The molecule has 54 heavy (non-hydrogen) atoms. The molecule has 2 fully saturated rings. The SMILES string of the molecule is C.C/C=C1\NCC([NH+]=C(N)CC)C2(C)C(O)C(NC(=O)c3cccc4c3OCCC4(C)C)CN12.C=C(/C=C\C(C#N)=C/C)C(=O)NC.CC.CC.CCC. The summed E-state index contributed by atoms with van der Waals surface area (Å²) in [6.45, 7) is 29.6. The lowest BCUT2D eigenvalue weighted by molar-refractivity contribution is -0.525. The topological polar surface area (TPSA) is 167 Å². The Morgan fingerprint density at radius 1 is 1.17 bits per heavy atom. The van der Waals surface area contributed by atoms with Gasteiger partial charge in [-0.1, -0.05) is 101 Å². The summed E-state index contributed by atoms with van der Waals surface area (Å²) in [5.74, 6) is 1.81. The van der Waals surface area contributed by atoms with Gasteiger partial charge in [-0.2, -0.15) is 5.26 Å². The quantitative estimate of drug-likeness (QED) is 0.0710. The number of allylic oxidation sites excluding steroid dienone is 4. The number of likely N-dealkylation sites (N-methyl/N-ethyl adjacent to an activating group) is 1. The molecular formula is C43H74N7O4+. The first kappa shape index (κ1) is 51.5. The molecule has 2 amide bonds. The van der Waals surface area contributed by atoms with Crippen molar-refractivity contribution in [2.45, 2.75) is 139 Å². The van der Waals surface area contributed by atoms with Gasteiger partial charge in [-0.25, -0.2) is 0 Å². The summed E-state index contributed by atoms with van der Waals surface area (Å²) < 4.78 is 5.95. The molecule has 3 aliphatic heterocycles. The van der Waals surface area contributed by atoms with E-state index >= 15 is 0 Å². The van der Waals surface area contributed by atoms with Crippen LogP contribution in [-0.4, -0.2) is 78.1 Å². The Balaban J connectivity index is 0. The van der Waals surface area contributed by atoms with Crippen LogP contribution in [0.15, 0.2) is 66.0 Å². The van der Waals surface area contributed by atoms with Crippen LogP contribution >= 0.6 is 0 Å². The van der Waals surface area contributed by atoms with Crippen molar-refractivity contribution < 1.29 is 24.4 Å². The van der Waals surface area contributed by atoms with E-state index in [0.717, 1.165) is 17.8 Å². The Labute approximate surface area is 327 Å². The molecule has 3 aliphatic rings. The van der Waals surface area contributed by atoms with Crippen LogP contribution in [0.1, 0.15) is 126 Å². The molecule has 7 N–H and O–H groups in total. The molecule has 2 saturated heterocycles. The fourth-order valence-electron chi connectivity index (χ4n) is 6.04. The molecule has 0 aromatic heterocycles. The molecule has 0 radical (unpaired) electrons.